The molecule has 132 valence electrons. The molecule has 9 heteroatoms. The van der Waals surface area contributed by atoms with E-state index in [1.165, 1.54) is 0 Å². The molecule has 1 aromatic carbocycles. The van der Waals surface area contributed by atoms with Crippen molar-refractivity contribution in [3.8, 4) is 17.4 Å². The first-order valence-corrected chi connectivity index (χ1v) is 8.37. The second-order valence-corrected chi connectivity index (χ2v) is 5.93. The maximum absolute atomic E-state index is 6.33. The summed E-state index contributed by atoms with van der Waals surface area (Å²) in [6.07, 6.45) is 0. The number of hydrogen-bond donors (Lipinski definition) is 1. The van der Waals surface area contributed by atoms with Crippen molar-refractivity contribution in [2.75, 3.05) is 5.73 Å². The molecule has 0 aliphatic carbocycles. The van der Waals surface area contributed by atoms with Gasteiger partial charge < -0.3 is 15.0 Å². The highest BCUT2D eigenvalue weighted by Crippen LogP contribution is 2.31. The number of nitrogens with zero attached hydrogens (tertiary/aromatic N) is 5. The summed E-state index contributed by atoms with van der Waals surface area (Å²) in [5, 5.41) is 7.68. The minimum absolute atomic E-state index is 0.166. The number of aryl methyl sites for hydroxylation is 1. The molecule has 4 aromatic rings. The molecule has 0 amide bonds. The van der Waals surface area contributed by atoms with E-state index >= 15 is 0 Å². The number of aromatic nitrogens is 5. The summed E-state index contributed by atoms with van der Waals surface area (Å²) >= 11 is 6.33. The quantitative estimate of drug-likeness (QED) is 0.537. The van der Waals surface area contributed by atoms with E-state index in [1.807, 2.05) is 41.8 Å². The van der Waals surface area contributed by atoms with E-state index in [9.17, 15) is 0 Å². The van der Waals surface area contributed by atoms with E-state index in [-0.39, 0.29) is 11.0 Å². The Morgan fingerprint density at radius 1 is 1.19 bits per heavy atom. The topological polar surface area (TPSA) is 105 Å². The summed E-state index contributed by atoms with van der Waals surface area (Å²) in [6, 6.07) is 11.6. The van der Waals surface area contributed by atoms with E-state index in [2.05, 4.69) is 24.9 Å². The van der Waals surface area contributed by atoms with Crippen LogP contribution in [0.2, 0.25) is 5.15 Å². The van der Waals surface area contributed by atoms with E-state index in [4.69, 9.17) is 22.1 Å². The third-order valence-electron chi connectivity index (χ3n) is 3.94. The van der Waals surface area contributed by atoms with Gasteiger partial charge in [0.25, 0.3) is 0 Å². The summed E-state index contributed by atoms with van der Waals surface area (Å²) in [7, 11) is 0. The Morgan fingerprint density at radius 3 is 2.69 bits per heavy atom. The summed E-state index contributed by atoms with van der Waals surface area (Å²) in [4.78, 5) is 8.80. The van der Waals surface area contributed by atoms with Gasteiger partial charge in [-0.05, 0) is 22.8 Å². The van der Waals surface area contributed by atoms with Crippen LogP contribution in [-0.2, 0) is 13.2 Å². The number of pyridine rings is 1. The van der Waals surface area contributed by atoms with Gasteiger partial charge in [-0.25, -0.2) is 9.61 Å². The van der Waals surface area contributed by atoms with Gasteiger partial charge in [0, 0.05) is 12.6 Å². The van der Waals surface area contributed by atoms with Gasteiger partial charge >= 0.3 is 0 Å². The van der Waals surface area contributed by atoms with Crippen LogP contribution < -0.4 is 10.5 Å². The minimum Gasteiger partial charge on any atom is -0.473 e. The van der Waals surface area contributed by atoms with Gasteiger partial charge in [-0.3, -0.25) is 0 Å². The lowest BCUT2D eigenvalue weighted by molar-refractivity contribution is 0.294. The number of hydrogen-bond acceptors (Lipinski definition) is 7. The maximum atomic E-state index is 6.33. The van der Waals surface area contributed by atoms with Crippen molar-refractivity contribution in [2.24, 2.45) is 0 Å². The van der Waals surface area contributed by atoms with Gasteiger partial charge in [-0.15, -0.1) is 0 Å². The predicted octanol–water partition coefficient (Wildman–Crippen LogP) is 3.32. The van der Waals surface area contributed by atoms with E-state index in [0.29, 0.717) is 36.1 Å². The summed E-state index contributed by atoms with van der Waals surface area (Å²) < 4.78 is 12.4. The standard InChI is InChI=1S/C17H15ClN6O2/c1-2-24-11-8-12(25-9-10-6-4-3-5-7-10)20-15(18)13(11)21-17(24)14-16(19)23-26-22-14/h3-8H,2,9H2,1H3,(H2,19,23). The number of benzene rings is 1. The molecular formula is C17H15ClN6O2. The molecule has 0 aliphatic rings. The molecule has 0 saturated heterocycles. The van der Waals surface area contributed by atoms with Crippen LogP contribution in [0.4, 0.5) is 5.82 Å². The first kappa shape index (κ1) is 16.3. The molecule has 0 unspecified atom stereocenters. The van der Waals surface area contributed by atoms with Gasteiger partial charge in [0.2, 0.25) is 5.88 Å². The number of fused-ring (bicyclic) bond motifs is 1. The van der Waals surface area contributed by atoms with Gasteiger partial charge in [-0.1, -0.05) is 41.9 Å². The third kappa shape index (κ3) is 2.84. The van der Waals surface area contributed by atoms with E-state index in [1.54, 1.807) is 6.07 Å². The fourth-order valence-electron chi connectivity index (χ4n) is 2.72. The van der Waals surface area contributed by atoms with Crippen molar-refractivity contribution < 1.29 is 9.37 Å². The van der Waals surface area contributed by atoms with Crippen LogP contribution in [0.15, 0.2) is 41.0 Å². The number of rotatable bonds is 5. The molecule has 4 rings (SSSR count). The molecular weight excluding hydrogens is 356 g/mol. The Balaban J connectivity index is 1.75. The Hall–Kier alpha value is -3.13. The number of nitrogens with two attached hydrogens (primary N) is 1. The SMILES string of the molecule is CCn1c(-c2nonc2N)nc2c(Cl)nc(OCc3ccccc3)cc21. The minimum atomic E-state index is 0.166. The summed E-state index contributed by atoms with van der Waals surface area (Å²) in [6.45, 7) is 2.99. The zero-order chi connectivity index (χ0) is 18.1. The highest BCUT2D eigenvalue weighted by Gasteiger charge is 2.21. The Morgan fingerprint density at radius 2 is 2.00 bits per heavy atom. The van der Waals surface area contributed by atoms with Gasteiger partial charge in [0.15, 0.2) is 22.5 Å². The van der Waals surface area contributed by atoms with Crippen molar-refractivity contribution in [3.05, 3.63) is 47.1 Å². The fourth-order valence-corrected chi connectivity index (χ4v) is 2.94. The number of imidazole rings is 1. The zero-order valence-corrected chi connectivity index (χ0v) is 14.6. The Labute approximate surface area is 153 Å². The normalized spacial score (nSPS) is 11.2. The van der Waals surface area contributed by atoms with E-state index in [0.717, 1.165) is 11.1 Å². The van der Waals surface area contributed by atoms with Crippen LogP contribution in [0.5, 0.6) is 5.88 Å². The molecule has 3 aromatic heterocycles. The van der Waals surface area contributed by atoms with Gasteiger partial charge in [0.1, 0.15) is 12.1 Å². The van der Waals surface area contributed by atoms with Crippen molar-refractivity contribution in [1.29, 1.82) is 0 Å². The lowest BCUT2D eigenvalue weighted by Gasteiger charge is -2.08. The van der Waals surface area contributed by atoms with Crippen LogP contribution in [-0.4, -0.2) is 24.8 Å². The number of nitrogen functional groups attached to an aromatic ring is 1. The molecule has 0 spiro atoms. The highest BCUT2D eigenvalue weighted by atomic mass is 35.5. The molecule has 3 heterocycles. The van der Waals surface area contributed by atoms with Crippen molar-refractivity contribution in [3.63, 3.8) is 0 Å². The summed E-state index contributed by atoms with van der Waals surface area (Å²) in [5.74, 6) is 1.10. The van der Waals surface area contributed by atoms with Gasteiger partial charge in [-0.2, -0.15) is 4.98 Å². The van der Waals surface area contributed by atoms with Gasteiger partial charge in [0.05, 0.1) is 5.52 Å². The highest BCUT2D eigenvalue weighted by molar-refractivity contribution is 6.33. The third-order valence-corrected chi connectivity index (χ3v) is 4.21. The predicted molar refractivity (Wildman–Crippen MR) is 96.7 cm³/mol. The van der Waals surface area contributed by atoms with E-state index < -0.39 is 0 Å². The smallest absolute Gasteiger partial charge is 0.217 e. The van der Waals surface area contributed by atoms with Crippen LogP contribution in [0.3, 0.4) is 0 Å². The largest absolute Gasteiger partial charge is 0.473 e. The van der Waals surface area contributed by atoms with Crippen LogP contribution in [0.25, 0.3) is 22.6 Å². The lowest BCUT2D eigenvalue weighted by atomic mass is 10.2. The molecule has 0 bridgehead atoms. The number of ether oxygens (including phenoxy) is 1. The average Bonchev–Trinajstić information content (AvgIpc) is 3.24. The monoisotopic (exact) mass is 370 g/mol. The zero-order valence-electron chi connectivity index (χ0n) is 13.9. The number of halogens is 1. The molecule has 2 N–H and O–H groups in total. The summed E-state index contributed by atoms with van der Waals surface area (Å²) in [5.41, 5.74) is 8.52. The van der Waals surface area contributed by atoms with Crippen molar-refractivity contribution in [1.82, 2.24) is 24.8 Å². The molecule has 8 nitrogen and oxygen atoms in total. The molecule has 26 heavy (non-hydrogen) atoms. The van der Waals surface area contributed by atoms with Crippen LogP contribution in [0, 0.1) is 0 Å². The first-order valence-electron chi connectivity index (χ1n) is 7.99. The van der Waals surface area contributed by atoms with Crippen molar-refractivity contribution >= 4 is 28.5 Å². The molecule has 0 fully saturated rings. The second-order valence-electron chi connectivity index (χ2n) is 5.57. The Kier molecular flexibility index (Phi) is 4.18. The molecule has 0 atom stereocenters. The second kappa shape index (κ2) is 6.64. The van der Waals surface area contributed by atoms with Crippen molar-refractivity contribution in [2.45, 2.75) is 20.1 Å². The Bertz CT molecular complexity index is 1060. The first-order chi connectivity index (χ1) is 12.7. The molecule has 0 aliphatic heterocycles. The molecule has 0 radical (unpaired) electrons. The molecule has 0 saturated carbocycles. The van der Waals surface area contributed by atoms with Crippen LogP contribution >= 0.6 is 11.6 Å². The van der Waals surface area contributed by atoms with Crippen LogP contribution in [0.1, 0.15) is 12.5 Å². The maximum Gasteiger partial charge on any atom is 0.217 e. The number of anilines is 1. The lowest BCUT2D eigenvalue weighted by Crippen LogP contribution is -2.01. The fraction of sp³-hybridized carbons (Fsp3) is 0.176. The average molecular weight is 371 g/mol.